The van der Waals surface area contributed by atoms with Crippen molar-refractivity contribution in [3.63, 3.8) is 0 Å². The van der Waals surface area contributed by atoms with Crippen molar-refractivity contribution >= 4 is 23.9 Å². The summed E-state index contributed by atoms with van der Waals surface area (Å²) in [5.41, 5.74) is 0.139. The highest BCUT2D eigenvalue weighted by atomic mass is 16.6. The Morgan fingerprint density at radius 2 is 1.81 bits per heavy atom. The van der Waals surface area contributed by atoms with E-state index in [0.29, 0.717) is 6.42 Å². The second-order valence-electron chi connectivity index (χ2n) is 9.28. The first-order valence-corrected chi connectivity index (χ1v) is 10.7. The van der Waals surface area contributed by atoms with Crippen LogP contribution in [0.3, 0.4) is 0 Å². The Bertz CT molecular complexity index is 819. The first-order valence-electron chi connectivity index (χ1n) is 10.7. The molecule has 176 valence electrons. The first kappa shape index (κ1) is 25.2. The van der Waals surface area contributed by atoms with E-state index in [0.717, 1.165) is 5.56 Å². The lowest BCUT2D eigenvalue weighted by Gasteiger charge is -2.24. The van der Waals surface area contributed by atoms with Crippen molar-refractivity contribution in [3.8, 4) is 0 Å². The molecule has 0 radical (unpaired) electrons. The summed E-state index contributed by atoms with van der Waals surface area (Å²) in [7, 11) is 0. The molecule has 1 saturated heterocycles. The first-order chi connectivity index (χ1) is 14.9. The van der Waals surface area contributed by atoms with Crippen molar-refractivity contribution in [2.24, 2.45) is 5.92 Å². The van der Waals surface area contributed by atoms with Crippen LogP contribution in [0.1, 0.15) is 46.6 Å². The van der Waals surface area contributed by atoms with E-state index in [1.165, 1.54) is 4.90 Å². The second-order valence-corrected chi connectivity index (χ2v) is 9.28. The van der Waals surface area contributed by atoms with E-state index >= 15 is 0 Å². The van der Waals surface area contributed by atoms with Crippen LogP contribution in [-0.4, -0.2) is 59.6 Å². The fourth-order valence-corrected chi connectivity index (χ4v) is 3.16. The summed E-state index contributed by atoms with van der Waals surface area (Å²) in [6.45, 7) is 9.01. The lowest BCUT2D eigenvalue weighted by atomic mass is 10.0. The molecule has 0 spiro atoms. The number of nitrogens with one attached hydrogen (secondary N) is 2. The van der Waals surface area contributed by atoms with E-state index in [-0.39, 0.29) is 31.4 Å². The molecule has 1 fully saturated rings. The number of rotatable bonds is 7. The van der Waals surface area contributed by atoms with Crippen LogP contribution < -0.4 is 10.6 Å². The van der Waals surface area contributed by atoms with Crippen molar-refractivity contribution in [2.75, 3.05) is 13.1 Å². The number of carbonyl (C=O) groups is 4. The molecular weight excluding hydrogens is 414 g/mol. The van der Waals surface area contributed by atoms with Gasteiger partial charge in [0.05, 0.1) is 13.1 Å². The summed E-state index contributed by atoms with van der Waals surface area (Å²) < 4.78 is 10.5. The predicted octanol–water partition coefficient (Wildman–Crippen LogP) is 2.63. The third-order valence-electron chi connectivity index (χ3n) is 4.63. The standard InChI is InChI=1S/C23H33N3O6/c1-15(2)11-17(25-21(29)31-14-16-9-7-6-8-10-16)20(28)24-18-12-26(13-19(18)27)22(30)32-23(3,4)5/h6-10,15,17-18H,11-14H2,1-5H3,(H,24,28)(H,25,29)/t17-,18?/m0/s1. The maximum absolute atomic E-state index is 12.8. The molecule has 3 amide bonds. The quantitative estimate of drug-likeness (QED) is 0.664. The van der Waals surface area contributed by atoms with Gasteiger partial charge in [-0.2, -0.15) is 0 Å². The van der Waals surface area contributed by atoms with Crippen molar-refractivity contribution in [1.82, 2.24) is 15.5 Å². The van der Waals surface area contributed by atoms with Crippen LogP contribution >= 0.6 is 0 Å². The number of amides is 3. The molecule has 0 bridgehead atoms. The lowest BCUT2D eigenvalue weighted by Crippen LogP contribution is -2.52. The molecule has 1 heterocycles. The van der Waals surface area contributed by atoms with E-state index in [1.807, 2.05) is 44.2 Å². The van der Waals surface area contributed by atoms with Gasteiger partial charge in [0.1, 0.15) is 24.3 Å². The fourth-order valence-electron chi connectivity index (χ4n) is 3.16. The minimum atomic E-state index is -0.873. The van der Waals surface area contributed by atoms with Crippen LogP contribution in [-0.2, 0) is 25.7 Å². The molecule has 9 nitrogen and oxygen atoms in total. The van der Waals surface area contributed by atoms with Crippen molar-refractivity contribution in [1.29, 1.82) is 0 Å². The SMILES string of the molecule is CC(C)C[C@H](NC(=O)OCc1ccccc1)C(=O)NC1CN(C(=O)OC(C)(C)C)CC1=O. The Morgan fingerprint density at radius 1 is 1.16 bits per heavy atom. The molecule has 2 atom stereocenters. The number of ketones is 1. The highest BCUT2D eigenvalue weighted by Gasteiger charge is 2.38. The largest absolute Gasteiger partial charge is 0.445 e. The van der Waals surface area contributed by atoms with E-state index in [4.69, 9.17) is 9.47 Å². The van der Waals surface area contributed by atoms with Gasteiger partial charge >= 0.3 is 12.2 Å². The van der Waals surface area contributed by atoms with Crippen molar-refractivity contribution in [3.05, 3.63) is 35.9 Å². The van der Waals surface area contributed by atoms with E-state index in [1.54, 1.807) is 20.8 Å². The molecule has 2 rings (SSSR count). The summed E-state index contributed by atoms with van der Waals surface area (Å²) >= 11 is 0. The molecular formula is C23H33N3O6. The zero-order valence-electron chi connectivity index (χ0n) is 19.3. The van der Waals surface area contributed by atoms with E-state index < -0.39 is 35.8 Å². The van der Waals surface area contributed by atoms with Crippen LogP contribution in [0, 0.1) is 5.92 Å². The van der Waals surface area contributed by atoms with E-state index in [2.05, 4.69) is 10.6 Å². The average molecular weight is 448 g/mol. The molecule has 1 aliphatic rings. The Morgan fingerprint density at radius 3 is 2.41 bits per heavy atom. The second kappa shape index (κ2) is 11.0. The number of ether oxygens (including phenoxy) is 2. The summed E-state index contributed by atoms with van der Waals surface area (Å²) in [4.78, 5) is 50.9. The number of hydrogen-bond donors (Lipinski definition) is 2. The van der Waals surface area contributed by atoms with Crippen molar-refractivity contribution < 1.29 is 28.7 Å². The van der Waals surface area contributed by atoms with E-state index in [9.17, 15) is 19.2 Å². The number of hydrogen-bond acceptors (Lipinski definition) is 6. The number of Topliss-reactive ketones (excluding diaryl/α,β-unsaturated/α-hetero) is 1. The van der Waals surface area contributed by atoms with Gasteiger partial charge in [0.2, 0.25) is 5.91 Å². The van der Waals surface area contributed by atoms with Crippen LogP contribution in [0.2, 0.25) is 0 Å². The number of benzene rings is 1. The number of alkyl carbamates (subject to hydrolysis) is 1. The van der Waals surface area contributed by atoms with Gasteiger partial charge < -0.3 is 20.1 Å². The van der Waals surface area contributed by atoms with Gasteiger partial charge in [-0.05, 0) is 38.7 Å². The highest BCUT2D eigenvalue weighted by molar-refractivity contribution is 5.96. The molecule has 1 aromatic carbocycles. The Labute approximate surface area is 188 Å². The van der Waals surface area contributed by atoms with Gasteiger partial charge in [-0.1, -0.05) is 44.2 Å². The van der Waals surface area contributed by atoms with Gasteiger partial charge in [-0.3, -0.25) is 14.5 Å². The summed E-state index contributed by atoms with van der Waals surface area (Å²) in [6, 6.07) is 7.46. The smallest absolute Gasteiger partial charge is 0.410 e. The van der Waals surface area contributed by atoms with Gasteiger partial charge in [0, 0.05) is 0 Å². The molecule has 1 aliphatic heterocycles. The Hall–Kier alpha value is -3.10. The average Bonchev–Trinajstić information content (AvgIpc) is 3.05. The lowest BCUT2D eigenvalue weighted by molar-refractivity contribution is -0.127. The number of carbonyl (C=O) groups excluding carboxylic acids is 4. The molecule has 2 N–H and O–H groups in total. The van der Waals surface area contributed by atoms with Crippen LogP contribution in [0.15, 0.2) is 30.3 Å². The van der Waals surface area contributed by atoms with Gasteiger partial charge in [-0.25, -0.2) is 9.59 Å². The Balaban J connectivity index is 1.93. The highest BCUT2D eigenvalue weighted by Crippen LogP contribution is 2.14. The maximum Gasteiger partial charge on any atom is 0.410 e. The molecule has 0 aromatic heterocycles. The van der Waals surface area contributed by atoms with Gasteiger partial charge in [0.25, 0.3) is 0 Å². The summed E-state index contributed by atoms with van der Waals surface area (Å²) in [6.07, 6.45) is -0.963. The van der Waals surface area contributed by atoms with Crippen molar-refractivity contribution in [2.45, 2.75) is 65.3 Å². The van der Waals surface area contributed by atoms with Gasteiger partial charge in [0.15, 0.2) is 5.78 Å². The third-order valence-corrected chi connectivity index (χ3v) is 4.63. The van der Waals surface area contributed by atoms with Gasteiger partial charge in [-0.15, -0.1) is 0 Å². The number of likely N-dealkylation sites (tertiary alicyclic amines) is 1. The normalized spacial score (nSPS) is 17.1. The topological polar surface area (TPSA) is 114 Å². The predicted molar refractivity (Wildman–Crippen MR) is 118 cm³/mol. The molecule has 32 heavy (non-hydrogen) atoms. The van der Waals surface area contributed by atoms with Crippen LogP contribution in [0.25, 0.3) is 0 Å². The molecule has 0 saturated carbocycles. The summed E-state index contributed by atoms with van der Waals surface area (Å²) in [5, 5.41) is 5.24. The minimum absolute atomic E-state index is 0.0202. The molecule has 9 heteroatoms. The third kappa shape index (κ3) is 8.20. The zero-order valence-corrected chi connectivity index (χ0v) is 19.3. The monoisotopic (exact) mass is 447 g/mol. The molecule has 1 unspecified atom stereocenters. The maximum atomic E-state index is 12.8. The van der Waals surface area contributed by atoms with Crippen LogP contribution in [0.5, 0.6) is 0 Å². The number of nitrogens with zero attached hydrogens (tertiary/aromatic N) is 1. The van der Waals surface area contributed by atoms with Crippen LogP contribution in [0.4, 0.5) is 9.59 Å². The molecule has 0 aliphatic carbocycles. The summed E-state index contributed by atoms with van der Waals surface area (Å²) in [5.74, 6) is -0.684. The zero-order chi connectivity index (χ0) is 23.9. The molecule has 1 aromatic rings. The fraction of sp³-hybridized carbons (Fsp3) is 0.565. The Kier molecular flexibility index (Phi) is 8.63. The minimum Gasteiger partial charge on any atom is -0.445 e.